The summed E-state index contributed by atoms with van der Waals surface area (Å²) in [5, 5.41) is 7.68. The first kappa shape index (κ1) is 12.2. The van der Waals surface area contributed by atoms with E-state index in [0.29, 0.717) is 13.0 Å². The monoisotopic (exact) mass is 214 g/mol. The molecule has 4 nitrogen and oxygen atoms in total. The molecule has 0 amide bonds. The average Bonchev–Trinajstić information content (AvgIpc) is 2.07. The molecule has 0 aromatic rings. The molecule has 1 unspecified atom stereocenters. The molecule has 74 valence electrons. The molecule has 0 saturated carbocycles. The van der Waals surface area contributed by atoms with Gasteiger partial charge in [0.1, 0.15) is 0 Å². The zero-order valence-electron chi connectivity index (χ0n) is 7.20. The zero-order chi connectivity index (χ0) is 8.70. The molecule has 1 fully saturated rings. The predicted octanol–water partition coefficient (Wildman–Crippen LogP) is -0.163. The second kappa shape index (κ2) is 3.49. The van der Waals surface area contributed by atoms with Crippen LogP contribution < -0.4 is 10.5 Å². The molecule has 0 aliphatic carbocycles. The first-order valence-corrected chi connectivity index (χ1v) is 5.19. The largest absolute Gasteiger partial charge is 0.310 e. The van der Waals surface area contributed by atoms with Crippen LogP contribution in [0.15, 0.2) is 0 Å². The molecule has 0 spiro atoms. The summed E-state index contributed by atoms with van der Waals surface area (Å²) in [6, 6.07) is 0. The van der Waals surface area contributed by atoms with Crippen molar-refractivity contribution in [2.24, 2.45) is 5.14 Å². The van der Waals surface area contributed by atoms with Gasteiger partial charge in [-0.25, -0.2) is 13.6 Å². The third-order valence-corrected chi connectivity index (χ3v) is 3.27. The molecule has 0 aromatic heterocycles. The quantitative estimate of drug-likeness (QED) is 0.637. The van der Waals surface area contributed by atoms with Gasteiger partial charge in [-0.3, -0.25) is 0 Å². The molecule has 0 bridgehead atoms. The van der Waals surface area contributed by atoms with E-state index in [-0.39, 0.29) is 17.9 Å². The van der Waals surface area contributed by atoms with Crippen LogP contribution in [-0.2, 0) is 10.0 Å². The van der Waals surface area contributed by atoms with Gasteiger partial charge in [-0.05, 0) is 20.3 Å². The van der Waals surface area contributed by atoms with Gasteiger partial charge in [0, 0.05) is 12.1 Å². The maximum absolute atomic E-state index is 10.9. The summed E-state index contributed by atoms with van der Waals surface area (Å²) in [5.41, 5.74) is -0.0862. The highest BCUT2D eigenvalue weighted by Crippen LogP contribution is 2.21. The lowest BCUT2D eigenvalue weighted by Gasteiger charge is -2.16. The standard InChI is InChI=1S/C6H14N2O2S.ClH/c1-6(2)3-5(4-8-6)11(7,9)10;/h5,8H,3-4H2,1-2H3,(H2,7,9,10);1H. The zero-order valence-corrected chi connectivity index (χ0v) is 8.83. The van der Waals surface area contributed by atoms with Crippen LogP contribution in [0.2, 0.25) is 0 Å². The lowest BCUT2D eigenvalue weighted by molar-refractivity contribution is 0.459. The highest BCUT2D eigenvalue weighted by molar-refractivity contribution is 7.89. The summed E-state index contributed by atoms with van der Waals surface area (Å²) in [5.74, 6) is 0. The van der Waals surface area contributed by atoms with E-state index in [0.717, 1.165) is 0 Å². The maximum atomic E-state index is 10.9. The molecule has 1 heterocycles. The van der Waals surface area contributed by atoms with Gasteiger partial charge in [-0.1, -0.05) is 0 Å². The van der Waals surface area contributed by atoms with Crippen LogP contribution in [0.3, 0.4) is 0 Å². The second-order valence-electron chi connectivity index (χ2n) is 3.68. The summed E-state index contributed by atoms with van der Waals surface area (Å²) in [6.45, 7) is 4.42. The van der Waals surface area contributed by atoms with Crippen LogP contribution in [-0.4, -0.2) is 25.8 Å². The Kier molecular flexibility index (Phi) is 3.54. The Morgan fingerprint density at radius 2 is 2.00 bits per heavy atom. The minimum Gasteiger partial charge on any atom is -0.310 e. The Hall–Kier alpha value is 0.160. The van der Waals surface area contributed by atoms with Gasteiger partial charge in [0.05, 0.1) is 5.25 Å². The second-order valence-corrected chi connectivity index (χ2v) is 5.52. The fraction of sp³-hybridized carbons (Fsp3) is 1.00. The van der Waals surface area contributed by atoms with Crippen molar-refractivity contribution in [3.05, 3.63) is 0 Å². The van der Waals surface area contributed by atoms with Gasteiger partial charge in [0.15, 0.2) is 0 Å². The minimum atomic E-state index is -3.34. The van der Waals surface area contributed by atoms with E-state index >= 15 is 0 Å². The number of nitrogens with one attached hydrogen (secondary N) is 1. The van der Waals surface area contributed by atoms with Crippen molar-refractivity contribution < 1.29 is 8.42 Å². The maximum Gasteiger partial charge on any atom is 0.213 e. The van der Waals surface area contributed by atoms with Crippen LogP contribution in [0.5, 0.6) is 0 Å². The Labute approximate surface area is 79.4 Å². The highest BCUT2D eigenvalue weighted by Gasteiger charge is 2.36. The van der Waals surface area contributed by atoms with Gasteiger partial charge in [0.25, 0.3) is 0 Å². The smallest absolute Gasteiger partial charge is 0.213 e. The molecule has 3 N–H and O–H groups in total. The number of hydrogen-bond donors (Lipinski definition) is 2. The van der Waals surface area contributed by atoms with Crippen LogP contribution in [0.4, 0.5) is 0 Å². The lowest BCUT2D eigenvalue weighted by atomic mass is 10.0. The molecule has 1 atom stereocenters. The molecule has 0 radical (unpaired) electrons. The SMILES string of the molecule is CC1(C)CC(S(N)(=O)=O)CN1.Cl. The van der Waals surface area contributed by atoms with Gasteiger partial charge in [0.2, 0.25) is 10.0 Å². The highest BCUT2D eigenvalue weighted by atomic mass is 35.5. The molecule has 12 heavy (non-hydrogen) atoms. The third-order valence-electron chi connectivity index (χ3n) is 2.01. The Bertz CT molecular complexity index is 250. The van der Waals surface area contributed by atoms with Crippen LogP contribution in [0.25, 0.3) is 0 Å². The number of primary sulfonamides is 1. The number of rotatable bonds is 1. The van der Waals surface area contributed by atoms with Crippen molar-refractivity contribution in [3.63, 3.8) is 0 Å². The van der Waals surface area contributed by atoms with Crippen molar-refractivity contribution in [3.8, 4) is 0 Å². The Balaban J connectivity index is 0.00000121. The molecule has 0 aromatic carbocycles. The molecule has 6 heteroatoms. The van der Waals surface area contributed by atoms with E-state index in [2.05, 4.69) is 5.32 Å². The van der Waals surface area contributed by atoms with E-state index in [1.54, 1.807) is 0 Å². The number of sulfonamides is 1. The first-order chi connectivity index (χ1) is 4.81. The van der Waals surface area contributed by atoms with Crippen molar-refractivity contribution in [1.29, 1.82) is 0 Å². The summed E-state index contributed by atoms with van der Waals surface area (Å²) >= 11 is 0. The Morgan fingerprint density at radius 3 is 2.17 bits per heavy atom. The van der Waals surface area contributed by atoms with Crippen molar-refractivity contribution >= 4 is 22.4 Å². The lowest BCUT2D eigenvalue weighted by Crippen LogP contribution is -2.31. The van der Waals surface area contributed by atoms with Gasteiger partial charge < -0.3 is 5.32 Å². The summed E-state index contributed by atoms with van der Waals surface area (Å²) in [4.78, 5) is 0. The van der Waals surface area contributed by atoms with Gasteiger partial charge in [-0.2, -0.15) is 0 Å². The van der Waals surface area contributed by atoms with Crippen molar-refractivity contribution in [2.75, 3.05) is 6.54 Å². The van der Waals surface area contributed by atoms with Gasteiger partial charge in [-0.15, -0.1) is 12.4 Å². The van der Waals surface area contributed by atoms with E-state index in [4.69, 9.17) is 5.14 Å². The van der Waals surface area contributed by atoms with E-state index in [9.17, 15) is 8.42 Å². The molecular weight excluding hydrogens is 200 g/mol. The third kappa shape index (κ3) is 2.90. The number of halogens is 1. The van der Waals surface area contributed by atoms with Gasteiger partial charge >= 0.3 is 0 Å². The summed E-state index contributed by atoms with van der Waals surface area (Å²) < 4.78 is 21.7. The average molecular weight is 215 g/mol. The number of hydrogen-bond acceptors (Lipinski definition) is 3. The van der Waals surface area contributed by atoms with Crippen molar-refractivity contribution in [2.45, 2.75) is 31.1 Å². The first-order valence-electron chi connectivity index (χ1n) is 3.58. The normalized spacial score (nSPS) is 28.1. The molecule has 1 rings (SSSR count). The van der Waals surface area contributed by atoms with Crippen molar-refractivity contribution in [1.82, 2.24) is 5.32 Å². The number of nitrogens with two attached hydrogens (primary N) is 1. The van der Waals surface area contributed by atoms with Crippen LogP contribution >= 0.6 is 12.4 Å². The molecular formula is C6H15ClN2O2S. The fourth-order valence-corrected chi connectivity index (χ4v) is 2.30. The molecule has 1 saturated heterocycles. The summed E-state index contributed by atoms with van der Waals surface area (Å²) in [7, 11) is -3.34. The van der Waals surface area contributed by atoms with Crippen LogP contribution in [0.1, 0.15) is 20.3 Å². The minimum absolute atomic E-state index is 0. The van der Waals surface area contributed by atoms with Crippen LogP contribution in [0, 0.1) is 0 Å². The van der Waals surface area contributed by atoms with E-state index < -0.39 is 15.3 Å². The van der Waals surface area contributed by atoms with E-state index in [1.165, 1.54) is 0 Å². The fourth-order valence-electron chi connectivity index (χ4n) is 1.34. The molecule has 1 aliphatic heterocycles. The Morgan fingerprint density at radius 1 is 1.50 bits per heavy atom. The predicted molar refractivity (Wildman–Crippen MR) is 50.8 cm³/mol. The van der Waals surface area contributed by atoms with E-state index in [1.807, 2.05) is 13.8 Å². The topological polar surface area (TPSA) is 72.2 Å². The summed E-state index contributed by atoms with van der Waals surface area (Å²) in [6.07, 6.45) is 0.603. The molecule has 1 aliphatic rings.